The molecule has 0 atom stereocenters. The summed E-state index contributed by atoms with van der Waals surface area (Å²) in [5.74, 6) is 1.41. The third kappa shape index (κ3) is 7.99. The lowest BCUT2D eigenvalue weighted by molar-refractivity contribution is 0.0374. The van der Waals surface area contributed by atoms with Crippen LogP contribution in [-0.4, -0.2) is 56.9 Å². The van der Waals surface area contributed by atoms with Gasteiger partial charge < -0.3 is 19.2 Å². The van der Waals surface area contributed by atoms with E-state index in [1.54, 1.807) is 19.1 Å². The second kappa shape index (κ2) is 13.6. The summed E-state index contributed by atoms with van der Waals surface area (Å²) in [5.41, 5.74) is 1.50. The van der Waals surface area contributed by atoms with Crippen LogP contribution in [0.1, 0.15) is 29.5 Å². The topological polar surface area (TPSA) is 63.9 Å². The van der Waals surface area contributed by atoms with E-state index in [9.17, 15) is 4.79 Å². The maximum atomic E-state index is 11.7. The van der Waals surface area contributed by atoms with Crippen LogP contribution >= 0.6 is 24.8 Å². The minimum absolute atomic E-state index is 0. The minimum atomic E-state index is -0.300. The highest BCUT2D eigenvalue weighted by Crippen LogP contribution is 2.22. The van der Waals surface area contributed by atoms with Gasteiger partial charge in [-0.2, -0.15) is 0 Å². The van der Waals surface area contributed by atoms with Gasteiger partial charge >= 0.3 is 5.97 Å². The van der Waals surface area contributed by atoms with Crippen molar-refractivity contribution < 1.29 is 18.7 Å². The summed E-state index contributed by atoms with van der Waals surface area (Å²) in [6, 6.07) is 11.2. The summed E-state index contributed by atoms with van der Waals surface area (Å²) in [6.45, 7) is 8.73. The molecule has 2 heterocycles. The van der Waals surface area contributed by atoms with Crippen molar-refractivity contribution in [2.75, 3.05) is 46.0 Å². The number of esters is 1. The van der Waals surface area contributed by atoms with Crippen molar-refractivity contribution in [1.82, 2.24) is 10.2 Å². The van der Waals surface area contributed by atoms with Gasteiger partial charge in [-0.05, 0) is 50.7 Å². The van der Waals surface area contributed by atoms with Crippen LogP contribution in [0.25, 0.3) is 11.3 Å². The van der Waals surface area contributed by atoms with E-state index in [1.165, 1.54) is 0 Å². The van der Waals surface area contributed by atoms with Crippen molar-refractivity contribution in [3.05, 3.63) is 47.7 Å². The van der Waals surface area contributed by atoms with Gasteiger partial charge in [-0.3, -0.25) is 4.90 Å². The molecule has 1 saturated heterocycles. The van der Waals surface area contributed by atoms with Crippen LogP contribution in [0.3, 0.4) is 0 Å². The Morgan fingerprint density at radius 1 is 1.10 bits per heavy atom. The number of nitrogens with one attached hydrogen (secondary N) is 1. The number of ether oxygens (including phenoxy) is 2. The minimum Gasteiger partial charge on any atom is -0.462 e. The lowest BCUT2D eigenvalue weighted by atomic mass is 10.1. The van der Waals surface area contributed by atoms with Gasteiger partial charge in [-0.25, -0.2) is 4.79 Å². The van der Waals surface area contributed by atoms with Crippen LogP contribution in [0, 0.1) is 0 Å². The number of halogens is 2. The molecular formula is C21H30Cl2N2O4. The van der Waals surface area contributed by atoms with Gasteiger partial charge in [0.2, 0.25) is 0 Å². The Morgan fingerprint density at radius 2 is 1.83 bits per heavy atom. The van der Waals surface area contributed by atoms with E-state index in [1.807, 2.05) is 24.3 Å². The number of furan rings is 1. The maximum absolute atomic E-state index is 11.7. The smallest absolute Gasteiger partial charge is 0.338 e. The molecule has 0 spiro atoms. The summed E-state index contributed by atoms with van der Waals surface area (Å²) in [5, 5.41) is 3.43. The molecule has 8 heteroatoms. The molecule has 0 aliphatic carbocycles. The van der Waals surface area contributed by atoms with Gasteiger partial charge in [0.05, 0.1) is 31.9 Å². The van der Waals surface area contributed by atoms with E-state index in [0.29, 0.717) is 18.7 Å². The zero-order valence-corrected chi connectivity index (χ0v) is 18.4. The molecule has 0 unspecified atom stereocenters. The Bertz CT molecular complexity index is 716. The molecule has 1 aromatic heterocycles. The van der Waals surface area contributed by atoms with Crippen LogP contribution in [0.5, 0.6) is 0 Å². The molecule has 0 bridgehead atoms. The summed E-state index contributed by atoms with van der Waals surface area (Å²) in [6.07, 6.45) is 1.11. The lowest BCUT2D eigenvalue weighted by Gasteiger charge is -2.26. The zero-order chi connectivity index (χ0) is 18.9. The van der Waals surface area contributed by atoms with E-state index >= 15 is 0 Å². The Kier molecular flexibility index (Phi) is 12.0. The third-order valence-electron chi connectivity index (χ3n) is 4.57. The SMILES string of the molecule is CCOC(=O)c1ccc(-c2ccc(CNCCCN3CCOCC3)o2)cc1.Cl.Cl. The molecule has 162 valence electrons. The summed E-state index contributed by atoms with van der Waals surface area (Å²) in [7, 11) is 0. The number of morpholine rings is 1. The van der Waals surface area contributed by atoms with Crippen LogP contribution in [0.2, 0.25) is 0 Å². The molecule has 29 heavy (non-hydrogen) atoms. The Morgan fingerprint density at radius 3 is 2.52 bits per heavy atom. The van der Waals surface area contributed by atoms with Crippen LogP contribution < -0.4 is 5.32 Å². The number of hydrogen-bond donors (Lipinski definition) is 1. The molecule has 1 aromatic carbocycles. The van der Waals surface area contributed by atoms with Gasteiger partial charge in [0.1, 0.15) is 11.5 Å². The highest BCUT2D eigenvalue weighted by atomic mass is 35.5. The zero-order valence-electron chi connectivity index (χ0n) is 16.7. The summed E-state index contributed by atoms with van der Waals surface area (Å²) >= 11 is 0. The van der Waals surface area contributed by atoms with E-state index < -0.39 is 0 Å². The van der Waals surface area contributed by atoms with Crippen molar-refractivity contribution in [3.63, 3.8) is 0 Å². The van der Waals surface area contributed by atoms with Gasteiger partial charge in [-0.1, -0.05) is 12.1 Å². The summed E-state index contributed by atoms with van der Waals surface area (Å²) in [4.78, 5) is 14.1. The van der Waals surface area contributed by atoms with Gasteiger partial charge in [-0.15, -0.1) is 24.8 Å². The van der Waals surface area contributed by atoms with Gasteiger partial charge in [0.15, 0.2) is 0 Å². The predicted octanol–water partition coefficient (Wildman–Crippen LogP) is 3.78. The molecule has 3 rings (SSSR count). The second-order valence-corrected chi connectivity index (χ2v) is 6.55. The number of nitrogens with zero attached hydrogens (tertiary/aromatic N) is 1. The number of carbonyl (C=O) groups is 1. The first-order valence-electron chi connectivity index (χ1n) is 9.63. The van der Waals surface area contributed by atoms with E-state index in [0.717, 1.165) is 62.9 Å². The maximum Gasteiger partial charge on any atom is 0.338 e. The number of hydrogen-bond acceptors (Lipinski definition) is 6. The highest BCUT2D eigenvalue weighted by Gasteiger charge is 2.10. The fourth-order valence-corrected chi connectivity index (χ4v) is 3.08. The van der Waals surface area contributed by atoms with Crippen LogP contribution in [0.15, 0.2) is 40.8 Å². The first-order valence-corrected chi connectivity index (χ1v) is 9.63. The average molecular weight is 445 g/mol. The normalized spacial score (nSPS) is 14.0. The third-order valence-corrected chi connectivity index (χ3v) is 4.57. The fourth-order valence-electron chi connectivity index (χ4n) is 3.08. The predicted molar refractivity (Wildman–Crippen MR) is 118 cm³/mol. The van der Waals surface area contributed by atoms with Crippen molar-refractivity contribution in [3.8, 4) is 11.3 Å². The lowest BCUT2D eigenvalue weighted by Crippen LogP contribution is -2.37. The molecule has 1 aliphatic rings. The molecule has 6 nitrogen and oxygen atoms in total. The molecule has 1 fully saturated rings. The average Bonchev–Trinajstić information content (AvgIpc) is 3.18. The van der Waals surface area contributed by atoms with Crippen molar-refractivity contribution >= 4 is 30.8 Å². The first-order chi connectivity index (χ1) is 13.3. The quantitative estimate of drug-likeness (QED) is 0.468. The molecule has 1 aliphatic heterocycles. The van der Waals surface area contributed by atoms with E-state index in [2.05, 4.69) is 10.2 Å². The number of rotatable bonds is 9. The molecule has 1 N–H and O–H groups in total. The molecule has 0 amide bonds. The largest absolute Gasteiger partial charge is 0.462 e. The van der Waals surface area contributed by atoms with E-state index in [4.69, 9.17) is 13.9 Å². The van der Waals surface area contributed by atoms with Crippen molar-refractivity contribution in [1.29, 1.82) is 0 Å². The standard InChI is InChI=1S/C21H28N2O4.2ClH/c1-2-26-21(24)18-6-4-17(5-7-18)20-9-8-19(27-20)16-22-10-3-11-23-12-14-25-15-13-23;;/h4-9,22H,2-3,10-16H2,1H3;2*1H. The van der Waals surface area contributed by atoms with Crippen LogP contribution in [-0.2, 0) is 16.0 Å². The second-order valence-electron chi connectivity index (χ2n) is 6.55. The highest BCUT2D eigenvalue weighted by molar-refractivity contribution is 5.89. The van der Waals surface area contributed by atoms with E-state index in [-0.39, 0.29) is 30.8 Å². The first kappa shape index (κ1) is 25.5. The molecular weight excluding hydrogens is 415 g/mol. The molecule has 0 radical (unpaired) electrons. The van der Waals surface area contributed by atoms with Crippen LogP contribution in [0.4, 0.5) is 0 Å². The fraction of sp³-hybridized carbons (Fsp3) is 0.476. The Balaban J connectivity index is 0.00000210. The Hall–Kier alpha value is -1.57. The number of carbonyl (C=O) groups excluding carboxylic acids is 1. The van der Waals surface area contributed by atoms with Crippen molar-refractivity contribution in [2.45, 2.75) is 19.9 Å². The summed E-state index contributed by atoms with van der Waals surface area (Å²) < 4.78 is 16.3. The van der Waals surface area contributed by atoms with Gasteiger partial charge in [0.25, 0.3) is 0 Å². The monoisotopic (exact) mass is 444 g/mol. The molecule has 0 saturated carbocycles. The number of benzene rings is 1. The Labute approximate surface area is 184 Å². The van der Waals surface area contributed by atoms with Gasteiger partial charge in [0, 0.05) is 18.7 Å². The molecule has 2 aromatic rings. The van der Waals surface area contributed by atoms with Crippen molar-refractivity contribution in [2.24, 2.45) is 0 Å².